The molecule has 2 aromatic rings. The van der Waals surface area contributed by atoms with Gasteiger partial charge in [0.1, 0.15) is 11.5 Å². The lowest BCUT2D eigenvalue weighted by molar-refractivity contribution is -0.284. The third-order valence-corrected chi connectivity index (χ3v) is 10.9. The van der Waals surface area contributed by atoms with Crippen LogP contribution in [0, 0.1) is 5.41 Å². The maximum atomic E-state index is 13.3. The molecule has 44 heavy (non-hydrogen) atoms. The van der Waals surface area contributed by atoms with Crippen LogP contribution in [-0.2, 0) is 10.2 Å². The highest BCUT2D eigenvalue weighted by Crippen LogP contribution is 2.52. The molecule has 2 aromatic carbocycles. The second kappa shape index (κ2) is 15.2. The Labute approximate surface area is 261 Å². The first-order valence-electron chi connectivity index (χ1n) is 15.6. The zero-order chi connectivity index (χ0) is 32.6. The number of hydrogen-bond donors (Lipinski definition) is 3. The van der Waals surface area contributed by atoms with Crippen molar-refractivity contribution in [2.24, 2.45) is 5.41 Å². The zero-order valence-corrected chi connectivity index (χ0v) is 26.4. The molecule has 0 saturated carbocycles. The first kappa shape index (κ1) is 36.0. The van der Waals surface area contributed by atoms with E-state index in [9.17, 15) is 42.1 Å². The summed E-state index contributed by atoms with van der Waals surface area (Å²) in [5.74, 6) is -4.34. The predicted molar refractivity (Wildman–Crippen MR) is 164 cm³/mol. The SMILES string of the molecule is CCC(CCCCCCCCCC1c2ccc(O)cc2SCC1(C)c1ccc(O)cc1)(CCCC(F)(F)C(F)(F)F)C(=O)O. The lowest BCUT2D eigenvalue weighted by atomic mass is 9.68. The number of unbranched alkanes of at least 4 members (excludes halogenated alkanes) is 6. The molecule has 3 rings (SSSR count). The second-order valence-corrected chi connectivity index (χ2v) is 13.6. The molecule has 0 aromatic heterocycles. The van der Waals surface area contributed by atoms with Gasteiger partial charge in [-0.25, -0.2) is 0 Å². The normalized spacial score (nSPS) is 20.2. The number of halogens is 5. The van der Waals surface area contributed by atoms with E-state index in [1.54, 1.807) is 36.9 Å². The van der Waals surface area contributed by atoms with Gasteiger partial charge in [-0.1, -0.05) is 77.0 Å². The van der Waals surface area contributed by atoms with E-state index in [0.717, 1.165) is 55.6 Å². The average molecular weight is 645 g/mol. The van der Waals surface area contributed by atoms with Crippen LogP contribution < -0.4 is 0 Å². The van der Waals surface area contributed by atoms with Crippen LogP contribution in [0.2, 0.25) is 0 Å². The molecule has 0 amide bonds. The minimum Gasteiger partial charge on any atom is -0.508 e. The van der Waals surface area contributed by atoms with E-state index in [4.69, 9.17) is 0 Å². The Morgan fingerprint density at radius 2 is 1.41 bits per heavy atom. The number of aromatic hydroxyl groups is 2. The van der Waals surface area contributed by atoms with Gasteiger partial charge in [0.15, 0.2) is 0 Å². The van der Waals surface area contributed by atoms with Crippen molar-refractivity contribution in [2.45, 2.75) is 126 Å². The highest BCUT2D eigenvalue weighted by atomic mass is 32.2. The maximum Gasteiger partial charge on any atom is 0.453 e. The molecule has 0 aliphatic carbocycles. The van der Waals surface area contributed by atoms with Crippen molar-refractivity contribution < 1.29 is 42.1 Å². The van der Waals surface area contributed by atoms with Crippen LogP contribution in [0.1, 0.15) is 114 Å². The molecule has 3 N–H and O–H groups in total. The molecule has 0 saturated heterocycles. The van der Waals surface area contributed by atoms with Gasteiger partial charge in [0, 0.05) is 22.5 Å². The Bertz CT molecular complexity index is 1220. The van der Waals surface area contributed by atoms with E-state index in [0.29, 0.717) is 6.42 Å². The number of carboxylic acid groups (broad SMARTS) is 1. The first-order chi connectivity index (χ1) is 20.6. The lowest BCUT2D eigenvalue weighted by Gasteiger charge is -2.43. The van der Waals surface area contributed by atoms with Gasteiger partial charge >= 0.3 is 18.1 Å². The molecule has 246 valence electrons. The van der Waals surface area contributed by atoms with Crippen molar-refractivity contribution >= 4 is 17.7 Å². The summed E-state index contributed by atoms with van der Waals surface area (Å²) in [6, 6.07) is 13.0. The van der Waals surface area contributed by atoms with Gasteiger partial charge in [-0.05, 0) is 73.4 Å². The summed E-state index contributed by atoms with van der Waals surface area (Å²) in [4.78, 5) is 13.1. The summed E-state index contributed by atoms with van der Waals surface area (Å²) in [6.07, 6.45) is 0.0244. The summed E-state index contributed by atoms with van der Waals surface area (Å²) in [5.41, 5.74) is 0.984. The Hall–Kier alpha value is -2.49. The minimum absolute atomic E-state index is 0.138. The number of fused-ring (bicyclic) bond motifs is 1. The van der Waals surface area contributed by atoms with Gasteiger partial charge in [-0.2, -0.15) is 22.0 Å². The number of phenols is 2. The van der Waals surface area contributed by atoms with Gasteiger partial charge < -0.3 is 15.3 Å². The van der Waals surface area contributed by atoms with Gasteiger partial charge in [-0.15, -0.1) is 11.8 Å². The van der Waals surface area contributed by atoms with Crippen LogP contribution in [0.3, 0.4) is 0 Å². The summed E-state index contributed by atoms with van der Waals surface area (Å²) < 4.78 is 64.1. The van der Waals surface area contributed by atoms with Crippen molar-refractivity contribution in [3.05, 3.63) is 53.6 Å². The Balaban J connectivity index is 1.46. The van der Waals surface area contributed by atoms with Crippen LogP contribution >= 0.6 is 11.8 Å². The van der Waals surface area contributed by atoms with Gasteiger partial charge in [-0.3, -0.25) is 4.79 Å². The third-order valence-electron chi connectivity index (χ3n) is 9.54. The van der Waals surface area contributed by atoms with Crippen molar-refractivity contribution in [3.8, 4) is 11.5 Å². The molecule has 10 heteroatoms. The van der Waals surface area contributed by atoms with Crippen molar-refractivity contribution in [2.75, 3.05) is 5.75 Å². The smallest absolute Gasteiger partial charge is 0.453 e. The standard InChI is InChI=1S/C34H45F5O4S/c1-3-32(30(42)43,20-11-21-33(35,36)34(37,38)39)19-10-8-6-4-5-7-9-12-28-27-18-17-26(41)22-29(27)44-23-31(28,2)24-13-15-25(40)16-14-24/h13-18,22,28,40-41H,3-12,19-21,23H2,1-2H3,(H,42,43). The quantitative estimate of drug-likeness (QED) is 0.118. The number of hydrogen-bond acceptors (Lipinski definition) is 4. The Morgan fingerprint density at radius 3 is 2.00 bits per heavy atom. The third kappa shape index (κ3) is 8.82. The number of alkyl halides is 5. The van der Waals surface area contributed by atoms with Crippen LogP contribution in [0.5, 0.6) is 11.5 Å². The van der Waals surface area contributed by atoms with Crippen molar-refractivity contribution in [1.29, 1.82) is 0 Å². The predicted octanol–water partition coefficient (Wildman–Crippen LogP) is 10.6. The molecule has 0 fully saturated rings. The monoisotopic (exact) mass is 644 g/mol. The van der Waals surface area contributed by atoms with Gasteiger partial charge in [0.25, 0.3) is 0 Å². The van der Waals surface area contributed by atoms with Crippen molar-refractivity contribution in [1.82, 2.24) is 0 Å². The van der Waals surface area contributed by atoms with E-state index in [2.05, 4.69) is 6.92 Å². The van der Waals surface area contributed by atoms with E-state index < -0.39 is 36.3 Å². The molecular formula is C34H45F5O4S. The van der Waals surface area contributed by atoms with Crippen LogP contribution in [-0.4, -0.2) is 39.1 Å². The molecule has 1 aliphatic rings. The summed E-state index contributed by atoms with van der Waals surface area (Å²) >= 11 is 1.74. The van der Waals surface area contributed by atoms with E-state index >= 15 is 0 Å². The Kier molecular flexibility index (Phi) is 12.4. The largest absolute Gasteiger partial charge is 0.508 e. The number of aliphatic carboxylic acids is 1. The van der Waals surface area contributed by atoms with Crippen LogP contribution in [0.25, 0.3) is 0 Å². The zero-order valence-electron chi connectivity index (χ0n) is 25.6. The fourth-order valence-electron chi connectivity index (χ4n) is 6.54. The highest BCUT2D eigenvalue weighted by Gasteiger charge is 2.56. The number of phenolic OH excluding ortho intramolecular Hbond substituents is 2. The van der Waals surface area contributed by atoms with E-state index in [1.165, 1.54) is 11.1 Å². The van der Waals surface area contributed by atoms with Crippen molar-refractivity contribution in [3.63, 3.8) is 0 Å². The maximum absolute atomic E-state index is 13.3. The number of carboxylic acids is 1. The molecule has 3 atom stereocenters. The Morgan fingerprint density at radius 1 is 0.841 bits per heavy atom. The van der Waals surface area contributed by atoms with E-state index in [1.807, 2.05) is 24.3 Å². The number of benzene rings is 2. The van der Waals surface area contributed by atoms with Crippen LogP contribution in [0.4, 0.5) is 22.0 Å². The van der Waals surface area contributed by atoms with E-state index in [-0.39, 0.29) is 42.1 Å². The molecular weight excluding hydrogens is 599 g/mol. The number of rotatable bonds is 17. The molecule has 0 bridgehead atoms. The molecule has 0 radical (unpaired) electrons. The van der Waals surface area contributed by atoms with Gasteiger partial charge in [0.2, 0.25) is 0 Å². The fraction of sp³-hybridized carbons (Fsp3) is 0.618. The second-order valence-electron chi connectivity index (χ2n) is 12.5. The molecule has 0 spiro atoms. The highest BCUT2D eigenvalue weighted by molar-refractivity contribution is 7.99. The summed E-state index contributed by atoms with van der Waals surface area (Å²) in [6.45, 7) is 3.91. The molecule has 3 unspecified atom stereocenters. The molecule has 4 nitrogen and oxygen atoms in total. The minimum atomic E-state index is -5.62. The first-order valence-corrected chi connectivity index (χ1v) is 16.6. The number of carbonyl (C=O) groups is 1. The molecule has 1 heterocycles. The summed E-state index contributed by atoms with van der Waals surface area (Å²) in [5, 5.41) is 29.6. The molecule has 1 aliphatic heterocycles. The average Bonchev–Trinajstić information content (AvgIpc) is 2.95. The number of thioether (sulfide) groups is 1. The topological polar surface area (TPSA) is 77.8 Å². The van der Waals surface area contributed by atoms with Crippen LogP contribution in [0.15, 0.2) is 47.4 Å². The fourth-order valence-corrected chi connectivity index (χ4v) is 7.94. The lowest BCUT2D eigenvalue weighted by Crippen LogP contribution is -2.37. The van der Waals surface area contributed by atoms with Gasteiger partial charge in [0.05, 0.1) is 5.41 Å². The summed E-state index contributed by atoms with van der Waals surface area (Å²) in [7, 11) is 0.